The van der Waals surface area contributed by atoms with E-state index in [1.807, 2.05) is 17.0 Å². The summed E-state index contributed by atoms with van der Waals surface area (Å²) in [4.78, 5) is 22.2. The van der Waals surface area contributed by atoms with Gasteiger partial charge in [-0.3, -0.25) is 14.6 Å². The molecule has 0 saturated carbocycles. The maximum atomic E-state index is 12.9. The Morgan fingerprint density at radius 3 is 2.36 bits per heavy atom. The van der Waals surface area contributed by atoms with Gasteiger partial charge in [-0.15, -0.1) is 22.7 Å². The van der Waals surface area contributed by atoms with E-state index in [9.17, 15) is 4.79 Å². The molecule has 0 radical (unpaired) electrons. The lowest BCUT2D eigenvalue weighted by atomic mass is 10.2. The molecule has 1 fully saturated rings. The minimum absolute atomic E-state index is 0.207. The molecule has 3 aromatic rings. The molecule has 28 heavy (non-hydrogen) atoms. The van der Waals surface area contributed by atoms with Crippen LogP contribution in [0.3, 0.4) is 0 Å². The molecule has 0 bridgehead atoms. The number of amides is 1. The third-order valence-corrected chi connectivity index (χ3v) is 6.68. The van der Waals surface area contributed by atoms with Gasteiger partial charge >= 0.3 is 0 Å². The molecule has 4 rings (SSSR count). The summed E-state index contributed by atoms with van der Waals surface area (Å²) >= 11 is 3.52. The van der Waals surface area contributed by atoms with Gasteiger partial charge in [-0.05, 0) is 35.0 Å². The van der Waals surface area contributed by atoms with Crippen molar-refractivity contribution < 1.29 is 9.21 Å². The van der Waals surface area contributed by atoms with Crippen molar-refractivity contribution in [2.24, 2.45) is 0 Å². The molecule has 4 heterocycles. The minimum atomic E-state index is 0.207. The fourth-order valence-corrected chi connectivity index (χ4v) is 4.98. The van der Waals surface area contributed by atoms with Crippen LogP contribution in [0.15, 0.2) is 57.8 Å². The van der Waals surface area contributed by atoms with E-state index in [0.717, 1.165) is 45.0 Å². The molecule has 0 atom stereocenters. The summed E-state index contributed by atoms with van der Waals surface area (Å²) in [6, 6.07) is 12.3. The zero-order valence-electron chi connectivity index (χ0n) is 15.8. The van der Waals surface area contributed by atoms with Crippen molar-refractivity contribution in [2.75, 3.05) is 32.7 Å². The molecule has 0 N–H and O–H groups in total. The molecule has 0 spiro atoms. The number of hydrogen-bond donors (Lipinski definition) is 0. The second-order valence-electron chi connectivity index (χ2n) is 7.04. The number of thiophene rings is 2. The van der Waals surface area contributed by atoms with Crippen molar-refractivity contribution in [3.8, 4) is 0 Å². The molecule has 0 aliphatic carbocycles. The second-order valence-corrected chi connectivity index (χ2v) is 9.10. The Hall–Kier alpha value is -1.93. The molecular formula is C21H25N3O2S2. The summed E-state index contributed by atoms with van der Waals surface area (Å²) in [5, 5.41) is 4.20. The summed E-state index contributed by atoms with van der Waals surface area (Å²) in [6.07, 6.45) is 1.69. The van der Waals surface area contributed by atoms with E-state index in [4.69, 9.17) is 4.42 Å². The second kappa shape index (κ2) is 9.52. The highest BCUT2D eigenvalue weighted by atomic mass is 32.1. The lowest BCUT2D eigenvalue weighted by Gasteiger charge is -2.35. The van der Waals surface area contributed by atoms with Gasteiger partial charge < -0.3 is 9.32 Å². The van der Waals surface area contributed by atoms with Crippen LogP contribution in [-0.4, -0.2) is 53.3 Å². The molecule has 7 heteroatoms. The molecule has 148 valence electrons. The maximum Gasteiger partial charge on any atom is 0.236 e. The number of piperazine rings is 1. The normalized spacial score (nSPS) is 15.4. The Balaban J connectivity index is 1.31. The van der Waals surface area contributed by atoms with Gasteiger partial charge in [-0.1, -0.05) is 12.1 Å². The third-order valence-electron chi connectivity index (χ3n) is 4.96. The Morgan fingerprint density at radius 2 is 1.71 bits per heavy atom. The molecule has 0 unspecified atom stereocenters. The molecule has 0 aromatic carbocycles. The van der Waals surface area contributed by atoms with E-state index in [-0.39, 0.29) is 5.91 Å². The van der Waals surface area contributed by atoms with E-state index in [1.54, 1.807) is 28.9 Å². The van der Waals surface area contributed by atoms with Crippen molar-refractivity contribution >= 4 is 28.6 Å². The lowest BCUT2D eigenvalue weighted by molar-refractivity contribution is -0.134. The van der Waals surface area contributed by atoms with Crippen LogP contribution in [0.25, 0.3) is 0 Å². The number of furan rings is 1. The monoisotopic (exact) mass is 415 g/mol. The first-order valence-electron chi connectivity index (χ1n) is 9.56. The first-order chi connectivity index (χ1) is 13.8. The van der Waals surface area contributed by atoms with Gasteiger partial charge in [0.25, 0.3) is 0 Å². The molecule has 1 amide bonds. The molecule has 1 aliphatic rings. The van der Waals surface area contributed by atoms with Gasteiger partial charge in [0.1, 0.15) is 5.76 Å². The van der Waals surface area contributed by atoms with Crippen LogP contribution in [0.2, 0.25) is 0 Å². The smallest absolute Gasteiger partial charge is 0.236 e. The van der Waals surface area contributed by atoms with E-state index in [1.165, 1.54) is 9.75 Å². The quantitative estimate of drug-likeness (QED) is 0.562. The van der Waals surface area contributed by atoms with Crippen molar-refractivity contribution in [1.29, 1.82) is 0 Å². The average Bonchev–Trinajstić information content (AvgIpc) is 3.46. The van der Waals surface area contributed by atoms with E-state index in [0.29, 0.717) is 13.1 Å². The van der Waals surface area contributed by atoms with Crippen molar-refractivity contribution in [2.45, 2.75) is 19.6 Å². The number of hydrogen-bond acceptors (Lipinski definition) is 6. The standard InChI is InChI=1S/C21H25N3O2S2/c25-21(24-9-7-22(8-10-24)15-19-5-2-12-27-19)17-23(14-18-4-1-11-26-18)16-20-6-3-13-28-20/h1-6,11-13H,7-10,14-17H2. The van der Waals surface area contributed by atoms with Crippen LogP contribution in [0, 0.1) is 0 Å². The number of nitrogens with zero attached hydrogens (tertiary/aromatic N) is 3. The van der Waals surface area contributed by atoms with Crippen LogP contribution in [0.4, 0.5) is 0 Å². The van der Waals surface area contributed by atoms with Crippen LogP contribution in [0.1, 0.15) is 15.5 Å². The zero-order valence-corrected chi connectivity index (χ0v) is 17.5. The summed E-state index contributed by atoms with van der Waals surface area (Å²) in [7, 11) is 0. The van der Waals surface area contributed by atoms with Crippen LogP contribution in [0.5, 0.6) is 0 Å². The molecule has 1 aliphatic heterocycles. The Labute approximate surface area is 173 Å². The first-order valence-corrected chi connectivity index (χ1v) is 11.3. The van der Waals surface area contributed by atoms with Crippen LogP contribution in [-0.2, 0) is 24.4 Å². The lowest BCUT2D eigenvalue weighted by Crippen LogP contribution is -2.50. The first kappa shape index (κ1) is 19.4. The highest BCUT2D eigenvalue weighted by Crippen LogP contribution is 2.16. The van der Waals surface area contributed by atoms with Gasteiger partial charge in [0.05, 0.1) is 19.4 Å². The zero-order chi connectivity index (χ0) is 19.2. The molecule has 3 aromatic heterocycles. The SMILES string of the molecule is O=C(CN(Cc1ccco1)Cc1cccs1)N1CCN(Cc2cccs2)CC1. The number of carbonyl (C=O) groups is 1. The van der Waals surface area contributed by atoms with Crippen molar-refractivity contribution in [3.63, 3.8) is 0 Å². The third kappa shape index (κ3) is 5.32. The van der Waals surface area contributed by atoms with Crippen molar-refractivity contribution in [1.82, 2.24) is 14.7 Å². The fourth-order valence-electron chi connectivity index (χ4n) is 3.48. The fraction of sp³-hybridized carbons (Fsp3) is 0.381. The van der Waals surface area contributed by atoms with E-state index >= 15 is 0 Å². The summed E-state index contributed by atoms with van der Waals surface area (Å²) in [5.41, 5.74) is 0. The summed E-state index contributed by atoms with van der Waals surface area (Å²) < 4.78 is 5.51. The minimum Gasteiger partial charge on any atom is -0.468 e. The summed E-state index contributed by atoms with van der Waals surface area (Å²) in [5.74, 6) is 1.10. The van der Waals surface area contributed by atoms with Gasteiger partial charge in [0, 0.05) is 49.0 Å². The Bertz CT molecular complexity index is 787. The molecular weight excluding hydrogens is 390 g/mol. The Morgan fingerprint density at radius 1 is 0.964 bits per heavy atom. The molecule has 1 saturated heterocycles. The van der Waals surface area contributed by atoms with Gasteiger partial charge in [0.15, 0.2) is 0 Å². The average molecular weight is 416 g/mol. The van der Waals surface area contributed by atoms with E-state index in [2.05, 4.69) is 44.8 Å². The van der Waals surface area contributed by atoms with Crippen LogP contribution >= 0.6 is 22.7 Å². The van der Waals surface area contributed by atoms with Gasteiger partial charge in [-0.25, -0.2) is 0 Å². The van der Waals surface area contributed by atoms with Crippen LogP contribution < -0.4 is 0 Å². The van der Waals surface area contributed by atoms with Crippen molar-refractivity contribution in [3.05, 3.63) is 68.9 Å². The molecule has 5 nitrogen and oxygen atoms in total. The van der Waals surface area contributed by atoms with Gasteiger partial charge in [0.2, 0.25) is 5.91 Å². The highest BCUT2D eigenvalue weighted by molar-refractivity contribution is 7.10. The summed E-state index contributed by atoms with van der Waals surface area (Å²) in [6.45, 7) is 6.30. The number of rotatable bonds is 8. The number of carbonyl (C=O) groups excluding carboxylic acids is 1. The predicted octanol–water partition coefficient (Wildman–Crippen LogP) is 3.75. The van der Waals surface area contributed by atoms with Gasteiger partial charge in [-0.2, -0.15) is 0 Å². The largest absolute Gasteiger partial charge is 0.468 e. The predicted molar refractivity (Wildman–Crippen MR) is 113 cm³/mol. The van der Waals surface area contributed by atoms with E-state index < -0.39 is 0 Å². The maximum absolute atomic E-state index is 12.9. The highest BCUT2D eigenvalue weighted by Gasteiger charge is 2.23. The topological polar surface area (TPSA) is 39.9 Å². The Kier molecular flexibility index (Phi) is 6.59.